The van der Waals surface area contributed by atoms with Gasteiger partial charge in [0.2, 0.25) is 0 Å². The van der Waals surface area contributed by atoms with Gasteiger partial charge in [0, 0.05) is 6.42 Å². The molecule has 1 aliphatic rings. The zero-order valence-electron chi connectivity index (χ0n) is 7.09. The fourth-order valence-corrected chi connectivity index (χ4v) is 1.68. The van der Waals surface area contributed by atoms with Gasteiger partial charge in [-0.05, 0) is 24.8 Å². The van der Waals surface area contributed by atoms with Crippen molar-refractivity contribution in [1.29, 1.82) is 0 Å². The van der Waals surface area contributed by atoms with E-state index in [1.807, 2.05) is 6.92 Å². The first kappa shape index (κ1) is 8.36. The highest BCUT2D eigenvalue weighted by molar-refractivity contribution is 5.27. The van der Waals surface area contributed by atoms with E-state index in [1.165, 1.54) is 5.57 Å². The molecule has 1 rings (SSSR count). The van der Waals surface area contributed by atoms with Gasteiger partial charge in [0.15, 0.2) is 0 Å². The molecular formula is C10H14O. The minimum atomic E-state index is -0.242. The molecule has 0 saturated carbocycles. The van der Waals surface area contributed by atoms with E-state index in [-0.39, 0.29) is 6.10 Å². The van der Waals surface area contributed by atoms with Crippen LogP contribution in [-0.4, -0.2) is 11.2 Å². The van der Waals surface area contributed by atoms with Crippen molar-refractivity contribution in [2.75, 3.05) is 0 Å². The minimum absolute atomic E-state index is 0.242. The molecule has 0 heterocycles. The van der Waals surface area contributed by atoms with Crippen LogP contribution in [0.3, 0.4) is 0 Å². The molecule has 1 nitrogen and oxygen atoms in total. The zero-order chi connectivity index (χ0) is 8.43. The van der Waals surface area contributed by atoms with Gasteiger partial charge in [-0.15, -0.1) is 12.3 Å². The van der Waals surface area contributed by atoms with Gasteiger partial charge in [-0.3, -0.25) is 0 Å². The van der Waals surface area contributed by atoms with E-state index < -0.39 is 0 Å². The van der Waals surface area contributed by atoms with E-state index in [9.17, 15) is 5.11 Å². The molecule has 1 N–H and O–H groups in total. The summed E-state index contributed by atoms with van der Waals surface area (Å²) in [6.07, 6.45) is 6.52. The summed E-state index contributed by atoms with van der Waals surface area (Å²) < 4.78 is 0. The molecule has 0 aliphatic heterocycles. The van der Waals surface area contributed by atoms with Crippen molar-refractivity contribution in [2.45, 2.75) is 32.8 Å². The molecule has 60 valence electrons. The van der Waals surface area contributed by atoms with Crippen LogP contribution in [0.4, 0.5) is 0 Å². The SMILES string of the molecule is C#CCC1=C(C)C(O)CC1C. The van der Waals surface area contributed by atoms with Crippen LogP contribution in [0.5, 0.6) is 0 Å². The molecule has 1 aliphatic carbocycles. The van der Waals surface area contributed by atoms with Crippen LogP contribution in [-0.2, 0) is 0 Å². The number of aliphatic hydroxyl groups excluding tert-OH is 1. The summed E-state index contributed by atoms with van der Waals surface area (Å²) in [5, 5.41) is 9.44. The van der Waals surface area contributed by atoms with E-state index in [4.69, 9.17) is 6.42 Å². The number of rotatable bonds is 1. The fraction of sp³-hybridized carbons (Fsp3) is 0.600. The van der Waals surface area contributed by atoms with Crippen LogP contribution in [0, 0.1) is 18.3 Å². The largest absolute Gasteiger partial charge is 0.389 e. The summed E-state index contributed by atoms with van der Waals surface area (Å²) in [6.45, 7) is 4.09. The fourth-order valence-electron chi connectivity index (χ4n) is 1.68. The minimum Gasteiger partial charge on any atom is -0.389 e. The second-order valence-electron chi connectivity index (χ2n) is 3.24. The standard InChI is InChI=1S/C10H14O/c1-4-5-9-7(2)6-10(11)8(9)3/h1,7,10-11H,5-6H2,2-3H3. The molecule has 0 aromatic heterocycles. The smallest absolute Gasteiger partial charge is 0.0756 e. The highest BCUT2D eigenvalue weighted by atomic mass is 16.3. The quantitative estimate of drug-likeness (QED) is 0.446. The molecule has 0 aromatic rings. The van der Waals surface area contributed by atoms with Crippen molar-refractivity contribution in [3.8, 4) is 12.3 Å². The molecule has 2 atom stereocenters. The lowest BCUT2D eigenvalue weighted by molar-refractivity contribution is 0.202. The Morgan fingerprint density at radius 2 is 2.36 bits per heavy atom. The van der Waals surface area contributed by atoms with Crippen molar-refractivity contribution >= 4 is 0 Å². The number of allylic oxidation sites excluding steroid dienone is 1. The van der Waals surface area contributed by atoms with E-state index in [0.717, 1.165) is 12.0 Å². The lowest BCUT2D eigenvalue weighted by atomic mass is 10.0. The molecule has 2 unspecified atom stereocenters. The molecule has 0 fully saturated rings. The molecule has 0 aromatic carbocycles. The van der Waals surface area contributed by atoms with Crippen molar-refractivity contribution in [3.05, 3.63) is 11.1 Å². The van der Waals surface area contributed by atoms with Crippen molar-refractivity contribution in [3.63, 3.8) is 0 Å². The summed E-state index contributed by atoms with van der Waals surface area (Å²) in [5.74, 6) is 3.10. The lowest BCUT2D eigenvalue weighted by Gasteiger charge is -2.04. The van der Waals surface area contributed by atoms with Gasteiger partial charge in [-0.2, -0.15) is 0 Å². The van der Waals surface area contributed by atoms with Gasteiger partial charge in [-0.1, -0.05) is 12.5 Å². The topological polar surface area (TPSA) is 20.2 Å². The molecular weight excluding hydrogens is 136 g/mol. The summed E-state index contributed by atoms with van der Waals surface area (Å²) in [6, 6.07) is 0. The van der Waals surface area contributed by atoms with E-state index in [0.29, 0.717) is 12.3 Å². The van der Waals surface area contributed by atoms with Gasteiger partial charge in [0.1, 0.15) is 0 Å². The second kappa shape index (κ2) is 3.11. The third-order valence-electron chi connectivity index (χ3n) is 2.47. The number of terminal acetylenes is 1. The Hall–Kier alpha value is -0.740. The predicted molar refractivity (Wildman–Crippen MR) is 45.9 cm³/mol. The Morgan fingerprint density at radius 1 is 1.73 bits per heavy atom. The van der Waals surface area contributed by atoms with Crippen LogP contribution in [0.2, 0.25) is 0 Å². The first-order valence-electron chi connectivity index (χ1n) is 3.98. The van der Waals surface area contributed by atoms with E-state index >= 15 is 0 Å². The van der Waals surface area contributed by atoms with Gasteiger partial charge >= 0.3 is 0 Å². The normalized spacial score (nSPS) is 30.7. The molecule has 0 radical (unpaired) electrons. The average molecular weight is 150 g/mol. The van der Waals surface area contributed by atoms with Crippen LogP contribution in [0.1, 0.15) is 26.7 Å². The van der Waals surface area contributed by atoms with Gasteiger partial charge in [0.25, 0.3) is 0 Å². The number of hydrogen-bond donors (Lipinski definition) is 1. The highest BCUT2D eigenvalue weighted by Gasteiger charge is 2.25. The third kappa shape index (κ3) is 1.46. The van der Waals surface area contributed by atoms with Gasteiger partial charge < -0.3 is 5.11 Å². The maximum atomic E-state index is 9.44. The predicted octanol–water partition coefficient (Wildman–Crippen LogP) is 1.73. The Bertz CT molecular complexity index is 220. The maximum absolute atomic E-state index is 9.44. The zero-order valence-corrected chi connectivity index (χ0v) is 7.09. The Morgan fingerprint density at radius 3 is 2.73 bits per heavy atom. The van der Waals surface area contributed by atoms with Crippen LogP contribution < -0.4 is 0 Å². The van der Waals surface area contributed by atoms with Crippen LogP contribution >= 0.6 is 0 Å². The summed E-state index contributed by atoms with van der Waals surface area (Å²) in [7, 11) is 0. The summed E-state index contributed by atoms with van der Waals surface area (Å²) >= 11 is 0. The number of aliphatic hydroxyl groups is 1. The van der Waals surface area contributed by atoms with Gasteiger partial charge in [-0.25, -0.2) is 0 Å². The van der Waals surface area contributed by atoms with E-state index in [2.05, 4.69) is 12.8 Å². The molecule has 0 saturated heterocycles. The summed E-state index contributed by atoms with van der Waals surface area (Å²) in [4.78, 5) is 0. The van der Waals surface area contributed by atoms with Crippen LogP contribution in [0.25, 0.3) is 0 Å². The maximum Gasteiger partial charge on any atom is 0.0756 e. The van der Waals surface area contributed by atoms with Crippen molar-refractivity contribution in [1.82, 2.24) is 0 Å². The summed E-state index contributed by atoms with van der Waals surface area (Å²) in [5.41, 5.74) is 2.36. The first-order valence-corrected chi connectivity index (χ1v) is 3.98. The Labute approximate surface area is 68.1 Å². The van der Waals surface area contributed by atoms with Crippen molar-refractivity contribution in [2.24, 2.45) is 5.92 Å². The third-order valence-corrected chi connectivity index (χ3v) is 2.47. The molecule has 0 bridgehead atoms. The van der Waals surface area contributed by atoms with Crippen LogP contribution in [0.15, 0.2) is 11.1 Å². The average Bonchev–Trinajstić information content (AvgIpc) is 2.17. The van der Waals surface area contributed by atoms with Crippen molar-refractivity contribution < 1.29 is 5.11 Å². The monoisotopic (exact) mass is 150 g/mol. The first-order chi connectivity index (χ1) is 5.16. The molecule has 0 amide bonds. The highest BCUT2D eigenvalue weighted by Crippen LogP contribution is 2.33. The number of hydrogen-bond acceptors (Lipinski definition) is 1. The molecule has 11 heavy (non-hydrogen) atoms. The lowest BCUT2D eigenvalue weighted by Crippen LogP contribution is -2.02. The molecule has 1 heteroatoms. The van der Waals surface area contributed by atoms with E-state index in [1.54, 1.807) is 0 Å². The molecule has 0 spiro atoms. The Balaban J connectivity index is 2.81. The van der Waals surface area contributed by atoms with Gasteiger partial charge in [0.05, 0.1) is 6.10 Å². The second-order valence-corrected chi connectivity index (χ2v) is 3.24. The Kier molecular flexibility index (Phi) is 2.36.